The molecule has 1 aliphatic heterocycles. The van der Waals surface area contributed by atoms with Crippen LogP contribution in [0.2, 0.25) is 0 Å². The van der Waals surface area contributed by atoms with Gasteiger partial charge in [-0.2, -0.15) is 0 Å². The molecule has 3 rings (SSSR count). The number of hydrogen-bond acceptors (Lipinski definition) is 7. The highest BCUT2D eigenvalue weighted by molar-refractivity contribution is 8.19. The molecule has 2 aromatic rings. The maximum absolute atomic E-state index is 12.3. The topological polar surface area (TPSA) is 78.7 Å². The fourth-order valence-electron chi connectivity index (χ4n) is 2.37. The van der Waals surface area contributed by atoms with Crippen molar-refractivity contribution in [3.05, 3.63) is 63.7 Å². The highest BCUT2D eigenvalue weighted by Crippen LogP contribution is 2.47. The molecule has 0 radical (unpaired) electrons. The second kappa shape index (κ2) is 7.79. The number of methoxy groups -OCH3 is 1. The van der Waals surface area contributed by atoms with Gasteiger partial charge in [-0.25, -0.2) is 4.79 Å². The number of nitro groups is 1. The van der Waals surface area contributed by atoms with Gasteiger partial charge in [0.2, 0.25) is 0 Å². The third-order valence-electron chi connectivity index (χ3n) is 3.58. The van der Waals surface area contributed by atoms with Crippen molar-refractivity contribution in [3.63, 3.8) is 0 Å². The van der Waals surface area contributed by atoms with E-state index in [1.54, 1.807) is 6.07 Å². The van der Waals surface area contributed by atoms with Gasteiger partial charge >= 0.3 is 5.97 Å². The molecule has 1 saturated heterocycles. The van der Waals surface area contributed by atoms with Crippen molar-refractivity contribution in [2.75, 3.05) is 18.6 Å². The van der Waals surface area contributed by atoms with Gasteiger partial charge in [0.25, 0.3) is 5.69 Å². The molecule has 0 N–H and O–H groups in total. The van der Waals surface area contributed by atoms with Gasteiger partial charge in [-0.1, -0.05) is 12.1 Å². The first kappa shape index (κ1) is 17.6. The molecule has 0 bridgehead atoms. The molecule has 2 aromatic carbocycles. The Bertz CT molecular complexity index is 805. The Hall–Kier alpha value is -2.19. The van der Waals surface area contributed by atoms with Crippen LogP contribution in [0.1, 0.15) is 20.5 Å². The van der Waals surface area contributed by atoms with E-state index in [1.807, 2.05) is 35.7 Å². The maximum Gasteiger partial charge on any atom is 0.343 e. The molecule has 0 aromatic heterocycles. The molecule has 0 spiro atoms. The summed E-state index contributed by atoms with van der Waals surface area (Å²) in [5.74, 6) is 2.31. The first-order valence-electron chi connectivity index (χ1n) is 7.46. The highest BCUT2D eigenvalue weighted by atomic mass is 32.2. The summed E-state index contributed by atoms with van der Waals surface area (Å²) >= 11 is 3.74. The second-order valence-electron chi connectivity index (χ2n) is 5.18. The lowest BCUT2D eigenvalue weighted by molar-refractivity contribution is -0.384. The van der Waals surface area contributed by atoms with Crippen LogP contribution >= 0.6 is 23.5 Å². The van der Waals surface area contributed by atoms with Crippen LogP contribution in [0.3, 0.4) is 0 Å². The van der Waals surface area contributed by atoms with E-state index in [-0.39, 0.29) is 17.0 Å². The number of carbonyl (C=O) groups is 1. The van der Waals surface area contributed by atoms with E-state index in [1.165, 1.54) is 31.4 Å². The van der Waals surface area contributed by atoms with Gasteiger partial charge in [0.1, 0.15) is 0 Å². The van der Waals surface area contributed by atoms with Crippen LogP contribution in [0.5, 0.6) is 11.5 Å². The van der Waals surface area contributed by atoms with E-state index in [9.17, 15) is 14.9 Å². The molecule has 0 atom stereocenters. The van der Waals surface area contributed by atoms with E-state index in [2.05, 4.69) is 0 Å². The van der Waals surface area contributed by atoms with Gasteiger partial charge in [0.15, 0.2) is 11.5 Å². The van der Waals surface area contributed by atoms with Gasteiger partial charge in [-0.15, -0.1) is 23.5 Å². The lowest BCUT2D eigenvalue weighted by Gasteiger charge is -2.13. The lowest BCUT2D eigenvalue weighted by Crippen LogP contribution is -2.09. The van der Waals surface area contributed by atoms with E-state index in [0.29, 0.717) is 10.3 Å². The Kier molecular flexibility index (Phi) is 5.50. The Labute approximate surface area is 153 Å². The monoisotopic (exact) mass is 377 g/mol. The molecule has 0 saturated carbocycles. The van der Waals surface area contributed by atoms with Crippen LogP contribution in [0, 0.1) is 10.1 Å². The molecular formula is C17H15NO5S2. The number of thioether (sulfide) groups is 2. The van der Waals surface area contributed by atoms with Gasteiger partial charge in [0, 0.05) is 23.6 Å². The summed E-state index contributed by atoms with van der Waals surface area (Å²) in [6.45, 7) is 0. The SMILES string of the molecule is COc1cc(C2SCCS2)ccc1OC(=O)c1cccc([N+](=O)[O-])c1. The molecule has 6 nitrogen and oxygen atoms in total. The number of ether oxygens (including phenoxy) is 2. The first-order valence-corrected chi connectivity index (χ1v) is 9.56. The molecule has 1 heterocycles. The Morgan fingerprint density at radius 3 is 2.60 bits per heavy atom. The first-order chi connectivity index (χ1) is 12.1. The van der Waals surface area contributed by atoms with Crippen molar-refractivity contribution in [3.8, 4) is 11.5 Å². The third kappa shape index (κ3) is 4.08. The van der Waals surface area contributed by atoms with Crippen LogP contribution < -0.4 is 9.47 Å². The van der Waals surface area contributed by atoms with Gasteiger partial charge in [-0.05, 0) is 23.8 Å². The molecular weight excluding hydrogens is 362 g/mol. The fourth-order valence-corrected chi connectivity index (χ4v) is 5.21. The summed E-state index contributed by atoms with van der Waals surface area (Å²) in [6, 6.07) is 10.9. The minimum absolute atomic E-state index is 0.113. The quantitative estimate of drug-likeness (QED) is 0.333. The Morgan fingerprint density at radius 1 is 1.16 bits per heavy atom. The molecule has 130 valence electrons. The van der Waals surface area contributed by atoms with Crippen molar-refractivity contribution in [2.24, 2.45) is 0 Å². The molecule has 25 heavy (non-hydrogen) atoms. The van der Waals surface area contributed by atoms with E-state index < -0.39 is 10.9 Å². The molecule has 1 aliphatic rings. The third-order valence-corrected chi connectivity index (χ3v) is 6.68. The number of hydrogen-bond donors (Lipinski definition) is 0. The standard InChI is InChI=1S/C17H15NO5S2/c1-22-15-10-12(17-24-7-8-25-17)5-6-14(15)23-16(19)11-3-2-4-13(9-11)18(20)21/h2-6,9-10,17H,7-8H2,1H3. The predicted octanol–water partition coefficient (Wildman–Crippen LogP) is 4.30. The zero-order chi connectivity index (χ0) is 17.8. The normalized spacial score (nSPS) is 14.3. The minimum Gasteiger partial charge on any atom is -0.493 e. The Morgan fingerprint density at radius 2 is 1.92 bits per heavy atom. The van der Waals surface area contributed by atoms with E-state index >= 15 is 0 Å². The number of nitrogens with zero attached hydrogens (tertiary/aromatic N) is 1. The summed E-state index contributed by atoms with van der Waals surface area (Å²) in [5, 5.41) is 10.8. The zero-order valence-electron chi connectivity index (χ0n) is 13.3. The summed E-state index contributed by atoms with van der Waals surface area (Å²) in [5.41, 5.74) is 1.06. The average Bonchev–Trinajstić information content (AvgIpc) is 3.16. The van der Waals surface area contributed by atoms with E-state index in [0.717, 1.165) is 17.1 Å². The van der Waals surface area contributed by atoms with Crippen molar-refractivity contribution in [1.29, 1.82) is 0 Å². The molecule has 8 heteroatoms. The molecule has 0 amide bonds. The summed E-state index contributed by atoms with van der Waals surface area (Å²) < 4.78 is 11.1. The minimum atomic E-state index is -0.667. The number of esters is 1. The van der Waals surface area contributed by atoms with Gasteiger partial charge in [-0.3, -0.25) is 10.1 Å². The van der Waals surface area contributed by atoms with Crippen LogP contribution in [-0.2, 0) is 0 Å². The van der Waals surface area contributed by atoms with E-state index in [4.69, 9.17) is 9.47 Å². The number of carbonyl (C=O) groups excluding carboxylic acids is 1. The molecule has 0 aliphatic carbocycles. The predicted molar refractivity (Wildman–Crippen MR) is 98.7 cm³/mol. The number of benzene rings is 2. The number of nitro benzene ring substituents is 1. The van der Waals surface area contributed by atoms with Crippen LogP contribution in [0.15, 0.2) is 42.5 Å². The van der Waals surface area contributed by atoms with Crippen LogP contribution in [0.25, 0.3) is 0 Å². The number of non-ortho nitro benzene ring substituents is 1. The summed E-state index contributed by atoms with van der Waals surface area (Å²) in [7, 11) is 1.51. The average molecular weight is 377 g/mol. The summed E-state index contributed by atoms with van der Waals surface area (Å²) in [6.07, 6.45) is 0. The van der Waals surface area contributed by atoms with Gasteiger partial charge in [0.05, 0.1) is 22.2 Å². The van der Waals surface area contributed by atoms with Crippen LogP contribution in [-0.4, -0.2) is 29.5 Å². The molecule has 1 fully saturated rings. The summed E-state index contributed by atoms with van der Waals surface area (Å²) in [4.78, 5) is 22.6. The van der Waals surface area contributed by atoms with Crippen molar-refractivity contribution < 1.29 is 19.2 Å². The number of rotatable bonds is 5. The van der Waals surface area contributed by atoms with Crippen molar-refractivity contribution >= 4 is 35.2 Å². The van der Waals surface area contributed by atoms with Crippen molar-refractivity contribution in [2.45, 2.75) is 4.58 Å². The van der Waals surface area contributed by atoms with Crippen LogP contribution in [0.4, 0.5) is 5.69 Å². The second-order valence-corrected chi connectivity index (χ2v) is 7.91. The zero-order valence-corrected chi connectivity index (χ0v) is 15.0. The highest BCUT2D eigenvalue weighted by Gasteiger charge is 2.21. The molecule has 0 unspecified atom stereocenters. The smallest absolute Gasteiger partial charge is 0.343 e. The van der Waals surface area contributed by atoms with Gasteiger partial charge < -0.3 is 9.47 Å². The van der Waals surface area contributed by atoms with Crippen molar-refractivity contribution in [1.82, 2.24) is 0 Å². The fraction of sp³-hybridized carbons (Fsp3) is 0.235. The lowest BCUT2D eigenvalue weighted by atomic mass is 10.2. The largest absolute Gasteiger partial charge is 0.493 e. The Balaban J connectivity index is 1.80. The maximum atomic E-state index is 12.3.